The minimum absolute atomic E-state index is 0.150. The van der Waals surface area contributed by atoms with Crippen LogP contribution in [0.25, 0.3) is 11.4 Å². The SMILES string of the molecule is CNC(=O)Nc1ccc(-c2nc(N)cc(C3(S(=O)(=O)CCCO)CCOCC3)n2)cc1. The molecule has 2 aromatic rings. The first-order valence-electron chi connectivity index (χ1n) is 9.96. The fraction of sp³-hybridized carbons (Fsp3) is 0.450. The van der Waals surface area contributed by atoms with Crippen molar-refractivity contribution in [2.24, 2.45) is 0 Å². The number of sulfone groups is 1. The zero-order chi connectivity index (χ0) is 22.5. The molecule has 1 fully saturated rings. The largest absolute Gasteiger partial charge is 0.396 e. The number of amides is 2. The smallest absolute Gasteiger partial charge is 0.318 e. The average Bonchev–Trinajstić information content (AvgIpc) is 2.78. The van der Waals surface area contributed by atoms with Crippen molar-refractivity contribution < 1.29 is 23.1 Å². The maximum Gasteiger partial charge on any atom is 0.318 e. The molecule has 0 unspecified atom stereocenters. The van der Waals surface area contributed by atoms with Gasteiger partial charge in [0.05, 0.1) is 11.4 Å². The van der Waals surface area contributed by atoms with Gasteiger partial charge in [0, 0.05) is 44.2 Å². The van der Waals surface area contributed by atoms with Crippen molar-refractivity contribution in [3.8, 4) is 11.4 Å². The van der Waals surface area contributed by atoms with E-state index in [0.29, 0.717) is 22.8 Å². The van der Waals surface area contributed by atoms with E-state index in [0.717, 1.165) is 0 Å². The van der Waals surface area contributed by atoms with Crippen LogP contribution in [0.15, 0.2) is 30.3 Å². The highest BCUT2D eigenvalue weighted by Crippen LogP contribution is 2.41. The first-order valence-corrected chi connectivity index (χ1v) is 11.6. The minimum atomic E-state index is -3.64. The fourth-order valence-corrected chi connectivity index (χ4v) is 5.71. The van der Waals surface area contributed by atoms with Gasteiger partial charge >= 0.3 is 6.03 Å². The van der Waals surface area contributed by atoms with Gasteiger partial charge in [-0.15, -0.1) is 0 Å². The van der Waals surface area contributed by atoms with Gasteiger partial charge in [-0.05, 0) is 43.5 Å². The number of aliphatic hydroxyl groups is 1. The van der Waals surface area contributed by atoms with E-state index in [4.69, 9.17) is 15.6 Å². The Bertz CT molecular complexity index is 1020. The average molecular weight is 450 g/mol. The summed E-state index contributed by atoms with van der Waals surface area (Å²) in [5, 5.41) is 14.3. The maximum absolute atomic E-state index is 13.3. The number of nitrogens with zero attached hydrogens (tertiary/aromatic N) is 2. The van der Waals surface area contributed by atoms with E-state index in [2.05, 4.69) is 20.6 Å². The summed E-state index contributed by atoms with van der Waals surface area (Å²) in [5.74, 6) is 0.309. The van der Waals surface area contributed by atoms with Crippen LogP contribution < -0.4 is 16.4 Å². The van der Waals surface area contributed by atoms with Crippen molar-refractivity contribution in [2.75, 3.05) is 43.7 Å². The molecule has 0 bridgehead atoms. The Labute approximate surface area is 181 Å². The van der Waals surface area contributed by atoms with Crippen LogP contribution in [0.1, 0.15) is 25.0 Å². The van der Waals surface area contributed by atoms with Crippen LogP contribution in [0.2, 0.25) is 0 Å². The van der Waals surface area contributed by atoms with Gasteiger partial charge in [-0.3, -0.25) is 0 Å². The van der Waals surface area contributed by atoms with Crippen LogP contribution in [0, 0.1) is 0 Å². The van der Waals surface area contributed by atoms with Gasteiger partial charge in [-0.25, -0.2) is 23.2 Å². The molecule has 2 amide bonds. The second kappa shape index (κ2) is 9.58. The van der Waals surface area contributed by atoms with Crippen molar-refractivity contribution in [2.45, 2.75) is 24.0 Å². The van der Waals surface area contributed by atoms with Gasteiger partial charge in [-0.1, -0.05) is 0 Å². The standard InChI is InChI=1S/C20H27N5O5S/c1-22-19(27)23-15-5-3-14(4-6-15)18-24-16(13-17(21)25-18)20(7-10-30-11-8-20)31(28,29)12-2-9-26/h3-6,13,26H,2,7-12H2,1H3,(H2,21,24,25)(H2,22,23,27). The maximum atomic E-state index is 13.3. The number of nitrogens with one attached hydrogen (secondary N) is 2. The second-order valence-corrected chi connectivity index (χ2v) is 9.71. The van der Waals surface area contributed by atoms with E-state index in [1.165, 1.54) is 13.1 Å². The molecule has 1 saturated heterocycles. The highest BCUT2D eigenvalue weighted by Gasteiger charge is 2.47. The zero-order valence-corrected chi connectivity index (χ0v) is 18.1. The first-order chi connectivity index (χ1) is 14.8. The summed E-state index contributed by atoms with van der Waals surface area (Å²) in [6, 6.07) is 8.00. The number of hydrogen-bond donors (Lipinski definition) is 4. The molecule has 1 aromatic carbocycles. The molecule has 3 rings (SSSR count). The Morgan fingerprint density at radius 3 is 2.52 bits per heavy atom. The molecular weight excluding hydrogens is 422 g/mol. The van der Waals surface area contributed by atoms with E-state index >= 15 is 0 Å². The topological polar surface area (TPSA) is 157 Å². The van der Waals surface area contributed by atoms with Crippen molar-refractivity contribution >= 4 is 27.4 Å². The van der Waals surface area contributed by atoms with E-state index < -0.39 is 14.6 Å². The van der Waals surface area contributed by atoms with Crippen molar-refractivity contribution in [1.29, 1.82) is 0 Å². The quantitative estimate of drug-likeness (QED) is 0.492. The molecule has 0 radical (unpaired) electrons. The molecule has 1 aliphatic heterocycles. The predicted molar refractivity (Wildman–Crippen MR) is 117 cm³/mol. The normalized spacial score (nSPS) is 15.9. The molecular formula is C20H27N5O5S. The third kappa shape index (κ3) is 4.94. The fourth-order valence-electron chi connectivity index (χ4n) is 3.60. The van der Waals surface area contributed by atoms with Gasteiger partial charge in [0.1, 0.15) is 10.6 Å². The van der Waals surface area contributed by atoms with Crippen molar-refractivity contribution in [1.82, 2.24) is 15.3 Å². The molecule has 5 N–H and O–H groups in total. The summed E-state index contributed by atoms with van der Waals surface area (Å²) in [6.45, 7) is 0.369. The number of aromatic nitrogens is 2. The van der Waals surface area contributed by atoms with Gasteiger partial charge in [-0.2, -0.15) is 0 Å². The van der Waals surface area contributed by atoms with Crippen LogP contribution in [0.4, 0.5) is 16.3 Å². The highest BCUT2D eigenvalue weighted by atomic mass is 32.2. The molecule has 11 heteroatoms. The van der Waals surface area contributed by atoms with Crippen LogP contribution in [-0.4, -0.2) is 62.1 Å². The third-order valence-electron chi connectivity index (χ3n) is 5.31. The number of carbonyl (C=O) groups is 1. The Hall–Kier alpha value is -2.76. The minimum Gasteiger partial charge on any atom is -0.396 e. The zero-order valence-electron chi connectivity index (χ0n) is 17.3. The van der Waals surface area contributed by atoms with Crippen LogP contribution >= 0.6 is 0 Å². The Kier molecular flexibility index (Phi) is 7.08. The summed E-state index contributed by atoms with van der Waals surface area (Å²) in [5.41, 5.74) is 7.59. The number of aliphatic hydroxyl groups excluding tert-OH is 1. The summed E-state index contributed by atoms with van der Waals surface area (Å²) in [7, 11) is -2.12. The monoisotopic (exact) mass is 449 g/mol. The number of anilines is 2. The molecule has 168 valence electrons. The summed E-state index contributed by atoms with van der Waals surface area (Å²) in [6.07, 6.45) is 0.662. The summed E-state index contributed by atoms with van der Waals surface area (Å²) < 4.78 is 30.7. The van der Waals surface area contributed by atoms with Gasteiger partial charge in [0.15, 0.2) is 15.7 Å². The molecule has 0 aliphatic carbocycles. The van der Waals surface area contributed by atoms with Crippen LogP contribution in [0.3, 0.4) is 0 Å². The third-order valence-corrected chi connectivity index (χ3v) is 7.94. The predicted octanol–water partition coefficient (Wildman–Crippen LogP) is 1.28. The number of rotatable bonds is 7. The number of ether oxygens (including phenoxy) is 1. The molecule has 1 aliphatic rings. The Morgan fingerprint density at radius 2 is 1.90 bits per heavy atom. The lowest BCUT2D eigenvalue weighted by Crippen LogP contribution is -2.43. The first kappa shape index (κ1) is 22.9. The summed E-state index contributed by atoms with van der Waals surface area (Å²) >= 11 is 0. The van der Waals surface area contributed by atoms with E-state index in [9.17, 15) is 13.2 Å². The van der Waals surface area contributed by atoms with E-state index in [1.54, 1.807) is 24.3 Å². The molecule has 2 heterocycles. The second-order valence-electron chi connectivity index (χ2n) is 7.29. The van der Waals surface area contributed by atoms with Crippen LogP contribution in [-0.2, 0) is 19.3 Å². The Balaban J connectivity index is 2.01. The summed E-state index contributed by atoms with van der Waals surface area (Å²) in [4.78, 5) is 20.3. The lowest BCUT2D eigenvalue weighted by Gasteiger charge is -2.36. The van der Waals surface area contributed by atoms with Gasteiger partial charge in [0.25, 0.3) is 0 Å². The number of benzene rings is 1. The van der Waals surface area contributed by atoms with Crippen LogP contribution in [0.5, 0.6) is 0 Å². The molecule has 10 nitrogen and oxygen atoms in total. The van der Waals surface area contributed by atoms with E-state index in [1.807, 2.05) is 0 Å². The van der Waals surface area contributed by atoms with E-state index in [-0.39, 0.29) is 56.7 Å². The number of urea groups is 1. The lowest BCUT2D eigenvalue weighted by molar-refractivity contribution is 0.0729. The molecule has 0 saturated carbocycles. The van der Waals surface area contributed by atoms with Gasteiger partial charge in [0.2, 0.25) is 0 Å². The number of nitrogens with two attached hydrogens (primary N) is 1. The number of nitrogen functional groups attached to an aromatic ring is 1. The highest BCUT2D eigenvalue weighted by molar-refractivity contribution is 7.92. The van der Waals surface area contributed by atoms with Gasteiger partial charge < -0.3 is 26.2 Å². The molecule has 31 heavy (non-hydrogen) atoms. The number of carbonyl (C=O) groups excluding carboxylic acids is 1. The Morgan fingerprint density at radius 1 is 1.23 bits per heavy atom. The van der Waals surface area contributed by atoms with Crippen molar-refractivity contribution in [3.05, 3.63) is 36.0 Å². The molecule has 0 spiro atoms. The molecule has 1 aromatic heterocycles. The van der Waals surface area contributed by atoms with Crippen molar-refractivity contribution in [3.63, 3.8) is 0 Å². The lowest BCUT2D eigenvalue weighted by atomic mass is 9.94. The number of hydrogen-bond acceptors (Lipinski definition) is 8. The molecule has 0 atom stereocenters.